The molecule has 1 aliphatic carbocycles. The molecule has 1 aliphatic heterocycles. The molecule has 1 saturated heterocycles. The minimum absolute atomic E-state index is 0.247. The zero-order chi connectivity index (χ0) is 9.80. The molecule has 14 heavy (non-hydrogen) atoms. The van der Waals surface area contributed by atoms with Crippen molar-refractivity contribution in [2.75, 3.05) is 13.1 Å². The van der Waals surface area contributed by atoms with E-state index in [2.05, 4.69) is 16.5 Å². The van der Waals surface area contributed by atoms with E-state index < -0.39 is 0 Å². The van der Waals surface area contributed by atoms with E-state index in [1.165, 1.54) is 32.1 Å². The number of nitrogens with zero attached hydrogens (tertiary/aromatic N) is 2. The van der Waals surface area contributed by atoms with Gasteiger partial charge in [0.2, 0.25) is 0 Å². The Morgan fingerprint density at radius 1 is 1.07 bits per heavy atom. The fraction of sp³-hybridized carbons (Fsp3) is 0.909. The Balaban J connectivity index is 1.81. The van der Waals surface area contributed by atoms with Crippen LogP contribution in [0.3, 0.4) is 0 Å². The lowest BCUT2D eigenvalue weighted by atomic mass is 10.1. The van der Waals surface area contributed by atoms with Crippen molar-refractivity contribution >= 4 is 0 Å². The van der Waals surface area contributed by atoms with Crippen LogP contribution in [0, 0.1) is 17.2 Å². The summed E-state index contributed by atoms with van der Waals surface area (Å²) in [4.78, 5) is 0. The van der Waals surface area contributed by atoms with Gasteiger partial charge in [0, 0.05) is 19.1 Å². The zero-order valence-electron chi connectivity index (χ0n) is 8.71. The predicted octanol–water partition coefficient (Wildman–Crippen LogP) is 1.67. The van der Waals surface area contributed by atoms with Gasteiger partial charge in [-0.25, -0.2) is 5.01 Å². The van der Waals surface area contributed by atoms with Crippen LogP contribution in [-0.2, 0) is 0 Å². The lowest BCUT2D eigenvalue weighted by molar-refractivity contribution is 0.122. The largest absolute Gasteiger partial charge is 0.251 e. The first-order chi connectivity index (χ1) is 6.90. The molecule has 2 rings (SSSR count). The number of hydrazine groups is 1. The molecule has 3 nitrogen and oxygen atoms in total. The van der Waals surface area contributed by atoms with Gasteiger partial charge in [-0.15, -0.1) is 0 Å². The van der Waals surface area contributed by atoms with Crippen LogP contribution in [0.5, 0.6) is 0 Å². The topological polar surface area (TPSA) is 39.1 Å². The van der Waals surface area contributed by atoms with E-state index in [4.69, 9.17) is 5.26 Å². The van der Waals surface area contributed by atoms with Crippen molar-refractivity contribution < 1.29 is 0 Å². The van der Waals surface area contributed by atoms with Gasteiger partial charge in [0.05, 0.1) is 12.0 Å². The maximum Gasteiger partial charge on any atom is 0.0672 e. The third kappa shape index (κ3) is 2.26. The molecular formula is C11H19N3. The van der Waals surface area contributed by atoms with Crippen LogP contribution in [0.25, 0.3) is 0 Å². The molecule has 2 unspecified atom stereocenters. The zero-order valence-corrected chi connectivity index (χ0v) is 8.71. The average molecular weight is 193 g/mol. The van der Waals surface area contributed by atoms with E-state index in [1.54, 1.807) is 0 Å². The number of rotatable bonds is 2. The molecule has 0 aromatic rings. The summed E-state index contributed by atoms with van der Waals surface area (Å²) < 4.78 is 0. The number of nitrogens with one attached hydrogen (secondary N) is 1. The molecule has 1 saturated carbocycles. The quantitative estimate of drug-likeness (QED) is 0.725. The average Bonchev–Trinajstić information content (AvgIpc) is 2.67. The van der Waals surface area contributed by atoms with E-state index in [0.717, 1.165) is 19.5 Å². The molecule has 1 heterocycles. The van der Waals surface area contributed by atoms with Crippen molar-refractivity contribution in [3.63, 3.8) is 0 Å². The summed E-state index contributed by atoms with van der Waals surface area (Å²) in [6.45, 7) is 2.32. The van der Waals surface area contributed by atoms with Crippen LogP contribution in [0.15, 0.2) is 0 Å². The molecule has 78 valence electrons. The van der Waals surface area contributed by atoms with Crippen molar-refractivity contribution in [2.24, 2.45) is 5.92 Å². The Bertz CT molecular complexity index is 215. The highest BCUT2D eigenvalue weighted by Crippen LogP contribution is 2.25. The van der Waals surface area contributed by atoms with Crippen LogP contribution in [-0.4, -0.2) is 24.1 Å². The molecule has 0 radical (unpaired) electrons. The Morgan fingerprint density at radius 2 is 1.86 bits per heavy atom. The van der Waals surface area contributed by atoms with Crippen molar-refractivity contribution in [1.29, 1.82) is 5.26 Å². The number of piperidine rings is 1. The van der Waals surface area contributed by atoms with Crippen LogP contribution < -0.4 is 5.43 Å². The first-order valence-electron chi connectivity index (χ1n) is 5.81. The van der Waals surface area contributed by atoms with E-state index in [-0.39, 0.29) is 5.92 Å². The molecule has 0 aromatic heterocycles. The second-order valence-corrected chi connectivity index (χ2v) is 4.45. The Morgan fingerprint density at radius 3 is 2.57 bits per heavy atom. The summed E-state index contributed by atoms with van der Waals surface area (Å²) in [6, 6.07) is 2.84. The van der Waals surface area contributed by atoms with Crippen LogP contribution in [0.4, 0.5) is 0 Å². The molecule has 1 N–H and O–H groups in total. The van der Waals surface area contributed by atoms with Gasteiger partial charge in [-0.05, 0) is 25.7 Å². The summed E-state index contributed by atoms with van der Waals surface area (Å²) in [7, 11) is 0. The van der Waals surface area contributed by atoms with Gasteiger partial charge in [-0.3, -0.25) is 5.43 Å². The molecular weight excluding hydrogens is 174 g/mol. The van der Waals surface area contributed by atoms with Crippen molar-refractivity contribution in [1.82, 2.24) is 10.4 Å². The maximum absolute atomic E-state index is 8.96. The Hall–Kier alpha value is -0.590. The monoisotopic (exact) mass is 193 g/mol. The number of hydrogen-bond acceptors (Lipinski definition) is 3. The van der Waals surface area contributed by atoms with Crippen molar-refractivity contribution in [2.45, 2.75) is 44.6 Å². The highest BCUT2D eigenvalue weighted by Gasteiger charge is 2.28. The van der Waals surface area contributed by atoms with Gasteiger partial charge in [0.1, 0.15) is 0 Å². The number of hydrogen-bond donors (Lipinski definition) is 1. The highest BCUT2D eigenvalue weighted by atomic mass is 15.5. The first kappa shape index (κ1) is 9.95. The summed E-state index contributed by atoms with van der Waals surface area (Å²) in [6.07, 6.45) is 7.44. The molecule has 0 amide bonds. The molecule has 2 atom stereocenters. The van der Waals surface area contributed by atoms with Gasteiger partial charge >= 0.3 is 0 Å². The standard InChI is InChI=1S/C11H19N3/c12-9-10-5-4-6-11(10)13-14-7-2-1-3-8-14/h10-11,13H,1-8H2. The second-order valence-electron chi connectivity index (χ2n) is 4.45. The third-order valence-corrected chi connectivity index (χ3v) is 3.39. The van der Waals surface area contributed by atoms with Gasteiger partial charge in [-0.2, -0.15) is 5.26 Å². The van der Waals surface area contributed by atoms with Gasteiger partial charge in [0.15, 0.2) is 0 Å². The molecule has 0 bridgehead atoms. The lowest BCUT2D eigenvalue weighted by Gasteiger charge is -2.31. The van der Waals surface area contributed by atoms with Crippen LogP contribution in [0.2, 0.25) is 0 Å². The van der Waals surface area contributed by atoms with E-state index in [0.29, 0.717) is 6.04 Å². The molecule has 0 aromatic carbocycles. The first-order valence-corrected chi connectivity index (χ1v) is 5.81. The lowest BCUT2D eigenvalue weighted by Crippen LogP contribution is -2.48. The summed E-state index contributed by atoms with van der Waals surface area (Å²) in [5.41, 5.74) is 3.53. The van der Waals surface area contributed by atoms with Crippen LogP contribution >= 0.6 is 0 Å². The maximum atomic E-state index is 8.96. The summed E-state index contributed by atoms with van der Waals surface area (Å²) in [5, 5.41) is 11.3. The van der Waals surface area contributed by atoms with E-state index in [9.17, 15) is 0 Å². The highest BCUT2D eigenvalue weighted by molar-refractivity contribution is 4.96. The van der Waals surface area contributed by atoms with Gasteiger partial charge in [0.25, 0.3) is 0 Å². The molecule has 2 aliphatic rings. The third-order valence-electron chi connectivity index (χ3n) is 3.39. The number of nitriles is 1. The minimum Gasteiger partial charge on any atom is -0.251 e. The van der Waals surface area contributed by atoms with E-state index >= 15 is 0 Å². The fourth-order valence-electron chi connectivity index (χ4n) is 2.53. The van der Waals surface area contributed by atoms with Crippen molar-refractivity contribution in [3.05, 3.63) is 0 Å². The normalized spacial score (nSPS) is 34.2. The van der Waals surface area contributed by atoms with Gasteiger partial charge < -0.3 is 0 Å². The van der Waals surface area contributed by atoms with Gasteiger partial charge in [-0.1, -0.05) is 12.8 Å². The van der Waals surface area contributed by atoms with E-state index in [1.807, 2.05) is 0 Å². The second kappa shape index (κ2) is 4.77. The summed E-state index contributed by atoms with van der Waals surface area (Å²) in [5.74, 6) is 0.247. The molecule has 3 heteroatoms. The smallest absolute Gasteiger partial charge is 0.0672 e. The predicted molar refractivity (Wildman–Crippen MR) is 55.3 cm³/mol. The molecule has 2 fully saturated rings. The Kier molecular flexibility index (Phi) is 3.39. The van der Waals surface area contributed by atoms with Crippen LogP contribution in [0.1, 0.15) is 38.5 Å². The molecule has 0 spiro atoms. The van der Waals surface area contributed by atoms with Crippen molar-refractivity contribution in [3.8, 4) is 6.07 Å². The Labute approximate surface area is 86.0 Å². The minimum atomic E-state index is 0.247. The SMILES string of the molecule is N#CC1CCCC1NN1CCCCC1. The fourth-order valence-corrected chi connectivity index (χ4v) is 2.53. The summed E-state index contributed by atoms with van der Waals surface area (Å²) >= 11 is 0.